The molecule has 0 aliphatic heterocycles. The highest BCUT2D eigenvalue weighted by atomic mass is 31.2. The van der Waals surface area contributed by atoms with Crippen molar-refractivity contribution in [3.63, 3.8) is 0 Å². The zero-order valence-corrected chi connectivity index (χ0v) is 64.6. The number of esters is 3. The van der Waals surface area contributed by atoms with Gasteiger partial charge in [-0.15, -0.1) is 0 Å². The number of rotatable bonds is 72. The summed E-state index contributed by atoms with van der Waals surface area (Å²) >= 11 is 0. The molecule has 0 spiro atoms. The first-order valence-corrected chi connectivity index (χ1v) is 41.8. The number of ether oxygens (including phenoxy) is 3. The molecule has 5 atom stereocenters. The molecule has 0 bridgehead atoms. The van der Waals surface area contributed by atoms with Crippen LogP contribution in [0.15, 0.2) is 158 Å². The van der Waals surface area contributed by atoms with Crippen LogP contribution in [-0.2, 0) is 55.8 Å². The van der Waals surface area contributed by atoms with Crippen LogP contribution in [0.2, 0.25) is 0 Å². The minimum Gasteiger partial charge on any atom is -0.463 e. The van der Waals surface area contributed by atoms with Crippen LogP contribution in [0.25, 0.3) is 0 Å². The summed E-state index contributed by atoms with van der Waals surface area (Å²) in [7, 11) is -9.81. The van der Waals surface area contributed by atoms with Gasteiger partial charge < -0.3 is 34.2 Å². The summed E-state index contributed by atoms with van der Waals surface area (Å²) in [4.78, 5) is 58.6. The maximum atomic E-state index is 12.9. The summed E-state index contributed by atoms with van der Waals surface area (Å²) in [6.07, 6.45) is 93.1. The predicted molar refractivity (Wildman–Crippen MR) is 417 cm³/mol. The van der Waals surface area contributed by atoms with Crippen molar-refractivity contribution in [2.45, 2.75) is 309 Å². The fourth-order valence-corrected chi connectivity index (χ4v) is 11.5. The van der Waals surface area contributed by atoms with E-state index in [0.717, 1.165) is 154 Å². The molecule has 101 heavy (non-hydrogen) atoms. The first-order chi connectivity index (χ1) is 49.2. The number of carbonyl (C=O) groups is 3. The number of hydrogen-bond acceptors (Lipinski definition) is 14. The molecule has 4 N–H and O–H groups in total. The van der Waals surface area contributed by atoms with Gasteiger partial charge in [-0.05, 0) is 141 Å². The second kappa shape index (κ2) is 74.9. The molecule has 0 aromatic rings. The molecule has 0 radical (unpaired) electrons. The number of hydrogen-bond donors (Lipinski definition) is 4. The van der Waals surface area contributed by atoms with E-state index in [1.807, 2.05) is 0 Å². The lowest BCUT2D eigenvalue weighted by Gasteiger charge is -2.21. The Morgan fingerprint density at radius 2 is 0.495 bits per heavy atom. The lowest BCUT2D eigenvalue weighted by atomic mass is 10.0. The molecular weight excluding hydrogens is 1310 g/mol. The minimum absolute atomic E-state index is 0.0728. The van der Waals surface area contributed by atoms with Gasteiger partial charge in [0.25, 0.3) is 0 Å². The van der Waals surface area contributed by atoms with Gasteiger partial charge in [0.15, 0.2) is 6.10 Å². The summed E-state index contributed by atoms with van der Waals surface area (Å²) in [6, 6.07) is 0. The topological polar surface area (TPSA) is 231 Å². The number of allylic oxidation sites excluding steroid dienone is 26. The van der Waals surface area contributed by atoms with Gasteiger partial charge in [0.2, 0.25) is 0 Å². The molecule has 0 aromatic heterocycles. The molecule has 0 aliphatic carbocycles. The fraction of sp³-hybridized carbons (Fsp3) is 0.651. The Labute approximate surface area is 612 Å². The number of aliphatic hydroxyl groups is 2. The second-order valence-electron chi connectivity index (χ2n) is 25.4. The highest BCUT2D eigenvalue weighted by molar-refractivity contribution is 7.47. The van der Waals surface area contributed by atoms with E-state index >= 15 is 0 Å². The smallest absolute Gasteiger partial charge is 0.463 e. The van der Waals surface area contributed by atoms with E-state index in [0.29, 0.717) is 19.3 Å². The van der Waals surface area contributed by atoms with E-state index in [2.05, 4.69) is 179 Å². The van der Waals surface area contributed by atoms with Crippen LogP contribution in [0, 0.1) is 0 Å². The largest absolute Gasteiger partial charge is 0.472 e. The van der Waals surface area contributed by atoms with Crippen LogP contribution in [-0.4, -0.2) is 95.9 Å². The van der Waals surface area contributed by atoms with Crippen LogP contribution in [0.3, 0.4) is 0 Å². The number of aliphatic hydroxyl groups excluding tert-OH is 2. The van der Waals surface area contributed by atoms with Gasteiger partial charge in [0.05, 0.1) is 26.4 Å². The van der Waals surface area contributed by atoms with Crippen molar-refractivity contribution in [1.29, 1.82) is 0 Å². The lowest BCUT2D eigenvalue weighted by Crippen LogP contribution is -2.30. The van der Waals surface area contributed by atoms with Crippen LogP contribution in [0.5, 0.6) is 0 Å². The quantitative estimate of drug-likeness (QED) is 0.0146. The van der Waals surface area contributed by atoms with Gasteiger partial charge in [-0.1, -0.05) is 288 Å². The average Bonchev–Trinajstić information content (AvgIpc) is 0.980. The molecule has 0 aromatic carbocycles. The van der Waals surface area contributed by atoms with E-state index in [-0.39, 0.29) is 19.3 Å². The molecule has 0 saturated heterocycles. The molecular formula is C83H138O16P2. The van der Waals surface area contributed by atoms with Gasteiger partial charge in [0.1, 0.15) is 25.4 Å². The Kier molecular flexibility index (Phi) is 71.3. The van der Waals surface area contributed by atoms with Crippen molar-refractivity contribution in [2.24, 2.45) is 0 Å². The van der Waals surface area contributed by atoms with Gasteiger partial charge in [-0.25, -0.2) is 9.13 Å². The molecule has 16 nitrogen and oxygen atoms in total. The Hall–Kier alpha value is -4.83. The average molecular weight is 1450 g/mol. The zero-order chi connectivity index (χ0) is 73.7. The Morgan fingerprint density at radius 1 is 0.277 bits per heavy atom. The van der Waals surface area contributed by atoms with Crippen molar-refractivity contribution in [3.8, 4) is 0 Å². The predicted octanol–water partition coefficient (Wildman–Crippen LogP) is 22.6. The van der Waals surface area contributed by atoms with Crippen molar-refractivity contribution in [1.82, 2.24) is 0 Å². The van der Waals surface area contributed by atoms with Crippen LogP contribution < -0.4 is 0 Å². The molecule has 0 amide bonds. The SMILES string of the molecule is CC/C=C\C/C=C\C/C=C\C/C=C\C/C=C\CCCCCCCCCCCCCCCCCC(=O)OCC(O)COP(=O)(O)OCC(O)COP(=O)(O)OCC(COC(=O)CCCCC/C=C\C/C=C\C/C=C\C/C=C\C/C=C\CC)OC(=O)CCCCCCC/C=C\C/C=C\C/C=C\CC. The normalized spacial score (nSPS) is 14.9. The van der Waals surface area contributed by atoms with Crippen LogP contribution in [0.4, 0.5) is 0 Å². The highest BCUT2D eigenvalue weighted by Crippen LogP contribution is 2.45. The standard InChI is InChI=1S/C83H138O16P2/c1-4-7-10-13-16-19-22-25-28-30-32-33-34-35-36-37-38-39-40-41-42-43-45-47-49-51-54-57-60-63-66-69-81(86)93-72-78(84)73-95-100(89,90)96-74-79(85)75-97-101(91,92)98-77-80(99-83(88)71-68-65-62-59-56-53-48-27-24-21-18-15-12-9-6-3)76-94-82(87)70-67-64-61-58-55-52-50-46-44-31-29-26-23-20-17-14-11-8-5-2/h7-12,16-21,25-29,32-33,35-36,44,46,48,52,55,78-80,84-85H,4-6,13-15,22-24,30-31,34,37-43,45,47,49-51,53-54,56-77H2,1-3H3,(H,89,90)(H,91,92)/b10-7-,11-8-,12-9-,19-16-,20-17-,21-18-,28-25-,29-26-,33-32-,36-35-,46-44-,48-27-,55-52-. The van der Waals surface area contributed by atoms with Gasteiger partial charge in [-0.2, -0.15) is 0 Å². The number of phosphoric acid groups is 2. The van der Waals surface area contributed by atoms with Crippen molar-refractivity contribution < 1.29 is 75.8 Å². The molecule has 0 aliphatic rings. The summed E-state index contributed by atoms with van der Waals surface area (Å²) in [5.74, 6) is -1.64. The highest BCUT2D eigenvalue weighted by Gasteiger charge is 2.29. The Bertz CT molecular complexity index is 2470. The maximum Gasteiger partial charge on any atom is 0.472 e. The third-order valence-electron chi connectivity index (χ3n) is 15.7. The van der Waals surface area contributed by atoms with Gasteiger partial charge in [-0.3, -0.25) is 32.5 Å². The second-order valence-corrected chi connectivity index (χ2v) is 28.3. The molecule has 0 saturated carbocycles. The summed E-state index contributed by atoms with van der Waals surface area (Å²) < 4.78 is 61.0. The van der Waals surface area contributed by atoms with E-state index in [1.54, 1.807) is 0 Å². The van der Waals surface area contributed by atoms with Gasteiger partial charge >= 0.3 is 33.6 Å². The first-order valence-electron chi connectivity index (χ1n) is 38.8. The van der Waals surface area contributed by atoms with Crippen molar-refractivity contribution >= 4 is 33.6 Å². The van der Waals surface area contributed by atoms with Crippen LogP contribution in [0.1, 0.15) is 290 Å². The summed E-state index contributed by atoms with van der Waals surface area (Å²) in [5.41, 5.74) is 0. The van der Waals surface area contributed by atoms with Crippen LogP contribution >= 0.6 is 15.6 Å². The third kappa shape index (κ3) is 76.1. The number of phosphoric ester groups is 2. The Morgan fingerprint density at radius 3 is 0.792 bits per heavy atom. The molecule has 18 heteroatoms. The van der Waals surface area contributed by atoms with E-state index in [9.17, 15) is 43.5 Å². The Balaban J connectivity index is 4.52. The minimum atomic E-state index is -4.95. The molecule has 0 heterocycles. The number of unbranched alkanes of at least 4 members (excludes halogenated alkanes) is 23. The van der Waals surface area contributed by atoms with Gasteiger partial charge in [0, 0.05) is 19.3 Å². The number of carbonyl (C=O) groups excluding carboxylic acids is 3. The summed E-state index contributed by atoms with van der Waals surface area (Å²) in [6.45, 7) is 2.27. The molecule has 0 fully saturated rings. The van der Waals surface area contributed by atoms with E-state index in [1.165, 1.54) is 77.0 Å². The fourth-order valence-electron chi connectivity index (χ4n) is 9.93. The molecule has 0 rings (SSSR count). The monoisotopic (exact) mass is 1450 g/mol. The summed E-state index contributed by atoms with van der Waals surface area (Å²) in [5, 5.41) is 20.6. The van der Waals surface area contributed by atoms with E-state index < -0.39 is 91.5 Å². The lowest BCUT2D eigenvalue weighted by molar-refractivity contribution is -0.161. The third-order valence-corrected chi connectivity index (χ3v) is 17.6. The van der Waals surface area contributed by atoms with Crippen molar-refractivity contribution in [2.75, 3.05) is 39.6 Å². The first kappa shape index (κ1) is 96.2. The maximum absolute atomic E-state index is 12.9. The molecule has 5 unspecified atom stereocenters. The van der Waals surface area contributed by atoms with E-state index in [4.69, 9.17) is 32.3 Å². The zero-order valence-electron chi connectivity index (χ0n) is 62.8. The van der Waals surface area contributed by atoms with Crippen molar-refractivity contribution in [3.05, 3.63) is 158 Å². The molecule has 576 valence electrons.